The van der Waals surface area contributed by atoms with Crippen molar-refractivity contribution in [3.8, 4) is 0 Å². The SMILES string of the molecule is C=CCCCCCCCCCCCC/C(C)=C/C(=O)O. The van der Waals surface area contributed by atoms with Gasteiger partial charge in [-0.3, -0.25) is 0 Å². The number of carboxylic acid groups (broad SMARTS) is 1. The molecule has 0 saturated carbocycles. The molecule has 0 saturated heterocycles. The highest BCUT2D eigenvalue weighted by molar-refractivity contribution is 5.80. The minimum atomic E-state index is -0.824. The van der Waals surface area contributed by atoms with Crippen molar-refractivity contribution in [2.24, 2.45) is 0 Å². The molecule has 0 aliphatic carbocycles. The van der Waals surface area contributed by atoms with Gasteiger partial charge in [0.1, 0.15) is 0 Å². The van der Waals surface area contributed by atoms with Crippen LogP contribution in [0.25, 0.3) is 0 Å². The Morgan fingerprint density at radius 1 is 0.900 bits per heavy atom. The lowest BCUT2D eigenvalue weighted by atomic mass is 10.0. The molecule has 0 aromatic heterocycles. The van der Waals surface area contributed by atoms with Crippen LogP contribution in [0.3, 0.4) is 0 Å². The normalized spacial score (nSPS) is 11.6. The van der Waals surface area contributed by atoms with Crippen LogP contribution < -0.4 is 0 Å². The topological polar surface area (TPSA) is 37.3 Å². The van der Waals surface area contributed by atoms with Gasteiger partial charge in [-0.25, -0.2) is 4.79 Å². The van der Waals surface area contributed by atoms with E-state index in [1.54, 1.807) is 0 Å². The van der Waals surface area contributed by atoms with Crippen molar-refractivity contribution < 1.29 is 9.90 Å². The van der Waals surface area contributed by atoms with Gasteiger partial charge in [-0.05, 0) is 32.6 Å². The highest BCUT2D eigenvalue weighted by Crippen LogP contribution is 2.13. The third-order valence-electron chi connectivity index (χ3n) is 3.60. The first-order valence-electron chi connectivity index (χ1n) is 8.18. The second-order valence-corrected chi connectivity index (χ2v) is 5.69. The van der Waals surface area contributed by atoms with Crippen LogP contribution in [-0.2, 0) is 4.79 Å². The molecule has 0 rings (SSSR count). The average Bonchev–Trinajstić information content (AvgIpc) is 2.39. The third kappa shape index (κ3) is 15.0. The van der Waals surface area contributed by atoms with Gasteiger partial charge in [0.2, 0.25) is 0 Å². The first-order valence-corrected chi connectivity index (χ1v) is 8.18. The summed E-state index contributed by atoms with van der Waals surface area (Å²) in [4.78, 5) is 10.4. The van der Waals surface area contributed by atoms with E-state index >= 15 is 0 Å². The fraction of sp³-hybridized carbons (Fsp3) is 0.722. The zero-order valence-corrected chi connectivity index (χ0v) is 13.2. The molecule has 0 bridgehead atoms. The second-order valence-electron chi connectivity index (χ2n) is 5.69. The Bertz CT molecular complexity index is 279. The predicted octanol–water partition coefficient (Wildman–Crippen LogP) is 5.88. The van der Waals surface area contributed by atoms with Crippen LogP contribution in [-0.4, -0.2) is 11.1 Å². The van der Waals surface area contributed by atoms with Gasteiger partial charge in [-0.2, -0.15) is 0 Å². The number of allylic oxidation sites excluding steroid dienone is 2. The molecule has 20 heavy (non-hydrogen) atoms. The minimum Gasteiger partial charge on any atom is -0.478 e. The third-order valence-corrected chi connectivity index (χ3v) is 3.60. The van der Waals surface area contributed by atoms with Gasteiger partial charge in [0.05, 0.1) is 0 Å². The van der Waals surface area contributed by atoms with Gasteiger partial charge in [0.25, 0.3) is 0 Å². The zero-order chi connectivity index (χ0) is 15.1. The first-order chi connectivity index (χ1) is 9.66. The lowest BCUT2D eigenvalue weighted by molar-refractivity contribution is -0.131. The number of carbonyl (C=O) groups is 1. The molecule has 0 aliphatic rings. The molecular weight excluding hydrogens is 248 g/mol. The average molecular weight is 280 g/mol. The van der Waals surface area contributed by atoms with Gasteiger partial charge >= 0.3 is 5.97 Å². The molecule has 2 nitrogen and oxygen atoms in total. The summed E-state index contributed by atoms with van der Waals surface area (Å²) in [6, 6.07) is 0. The Balaban J connectivity index is 3.17. The quantitative estimate of drug-likeness (QED) is 0.245. The van der Waals surface area contributed by atoms with Gasteiger partial charge in [-0.15, -0.1) is 6.58 Å². The van der Waals surface area contributed by atoms with E-state index in [0.717, 1.165) is 24.8 Å². The molecule has 0 unspecified atom stereocenters. The van der Waals surface area contributed by atoms with Crippen LogP contribution in [0.5, 0.6) is 0 Å². The Morgan fingerprint density at radius 3 is 1.80 bits per heavy atom. The summed E-state index contributed by atoms with van der Waals surface area (Å²) < 4.78 is 0. The van der Waals surface area contributed by atoms with Crippen molar-refractivity contribution in [2.45, 2.75) is 84.0 Å². The molecule has 0 amide bonds. The number of hydrogen-bond donors (Lipinski definition) is 1. The molecule has 0 aromatic carbocycles. The summed E-state index contributed by atoms with van der Waals surface area (Å²) in [5.41, 5.74) is 0.983. The summed E-state index contributed by atoms with van der Waals surface area (Å²) in [6.07, 6.45) is 18.5. The van der Waals surface area contributed by atoms with E-state index in [0.29, 0.717) is 0 Å². The van der Waals surface area contributed by atoms with Crippen molar-refractivity contribution in [3.63, 3.8) is 0 Å². The number of carboxylic acids is 1. The van der Waals surface area contributed by atoms with E-state index in [-0.39, 0.29) is 0 Å². The van der Waals surface area contributed by atoms with Crippen molar-refractivity contribution in [1.82, 2.24) is 0 Å². The summed E-state index contributed by atoms with van der Waals surface area (Å²) >= 11 is 0. The number of rotatable bonds is 14. The summed E-state index contributed by atoms with van der Waals surface area (Å²) in [6.45, 7) is 5.64. The van der Waals surface area contributed by atoms with Gasteiger partial charge in [0, 0.05) is 6.08 Å². The molecule has 1 N–H and O–H groups in total. The van der Waals surface area contributed by atoms with Gasteiger partial charge in [-0.1, -0.05) is 63.0 Å². The molecule has 0 heterocycles. The number of unbranched alkanes of at least 4 members (excludes halogenated alkanes) is 10. The Hall–Kier alpha value is -1.05. The lowest BCUT2D eigenvalue weighted by Gasteiger charge is -2.03. The van der Waals surface area contributed by atoms with Gasteiger partial charge in [0.15, 0.2) is 0 Å². The van der Waals surface area contributed by atoms with Crippen LogP contribution in [0.15, 0.2) is 24.3 Å². The van der Waals surface area contributed by atoms with E-state index in [4.69, 9.17) is 5.11 Å². The molecule has 0 atom stereocenters. The fourth-order valence-corrected chi connectivity index (χ4v) is 2.39. The summed E-state index contributed by atoms with van der Waals surface area (Å²) in [5, 5.41) is 8.59. The Morgan fingerprint density at radius 2 is 1.35 bits per heavy atom. The largest absolute Gasteiger partial charge is 0.478 e. The van der Waals surface area contributed by atoms with Crippen LogP contribution in [0.1, 0.15) is 84.0 Å². The molecule has 0 aromatic rings. The Labute approximate surface area is 125 Å². The zero-order valence-electron chi connectivity index (χ0n) is 13.2. The minimum absolute atomic E-state index is 0.824. The maximum Gasteiger partial charge on any atom is 0.328 e. The molecule has 2 heteroatoms. The van der Waals surface area contributed by atoms with Gasteiger partial charge < -0.3 is 5.11 Å². The Kier molecular flexibility index (Phi) is 13.6. The van der Waals surface area contributed by atoms with E-state index in [1.807, 2.05) is 13.0 Å². The number of hydrogen-bond acceptors (Lipinski definition) is 1. The van der Waals surface area contributed by atoms with Crippen LogP contribution in [0.4, 0.5) is 0 Å². The van der Waals surface area contributed by atoms with Crippen LogP contribution >= 0.6 is 0 Å². The van der Waals surface area contributed by atoms with Crippen LogP contribution in [0.2, 0.25) is 0 Å². The lowest BCUT2D eigenvalue weighted by Crippen LogP contribution is -1.90. The molecule has 0 fully saturated rings. The molecule has 116 valence electrons. The smallest absolute Gasteiger partial charge is 0.328 e. The maximum atomic E-state index is 10.4. The summed E-state index contributed by atoms with van der Waals surface area (Å²) in [5.74, 6) is -0.824. The first kappa shape index (κ1) is 18.9. The van der Waals surface area contributed by atoms with E-state index in [2.05, 4.69) is 6.58 Å². The van der Waals surface area contributed by atoms with E-state index in [9.17, 15) is 4.79 Å². The fourth-order valence-electron chi connectivity index (χ4n) is 2.39. The van der Waals surface area contributed by atoms with Crippen LogP contribution in [0, 0.1) is 0 Å². The van der Waals surface area contributed by atoms with Crippen molar-refractivity contribution >= 4 is 5.97 Å². The number of aliphatic carboxylic acids is 1. The highest BCUT2D eigenvalue weighted by Gasteiger charge is 1.96. The van der Waals surface area contributed by atoms with E-state index in [1.165, 1.54) is 63.9 Å². The predicted molar refractivity (Wildman–Crippen MR) is 87.0 cm³/mol. The molecule has 0 radical (unpaired) electrons. The molecule has 0 spiro atoms. The van der Waals surface area contributed by atoms with Crippen molar-refractivity contribution in [3.05, 3.63) is 24.3 Å². The molecule has 0 aliphatic heterocycles. The second kappa shape index (κ2) is 14.4. The molecular formula is C18H32O2. The monoisotopic (exact) mass is 280 g/mol. The summed E-state index contributed by atoms with van der Waals surface area (Å²) in [7, 11) is 0. The van der Waals surface area contributed by atoms with E-state index < -0.39 is 5.97 Å². The standard InChI is InChI=1S/C18H32O2/c1-3-4-5-6-7-8-9-10-11-12-13-14-15-17(2)16-18(19)20/h3,16H,1,4-15H2,2H3,(H,19,20)/b17-16+. The van der Waals surface area contributed by atoms with Crippen molar-refractivity contribution in [1.29, 1.82) is 0 Å². The van der Waals surface area contributed by atoms with Crippen molar-refractivity contribution in [2.75, 3.05) is 0 Å². The maximum absolute atomic E-state index is 10.4. The highest BCUT2D eigenvalue weighted by atomic mass is 16.4.